The van der Waals surface area contributed by atoms with Crippen molar-refractivity contribution in [2.24, 2.45) is 0 Å². The number of hydrogen-bond donors (Lipinski definition) is 1. The van der Waals surface area contributed by atoms with Gasteiger partial charge in [-0.2, -0.15) is 0 Å². The van der Waals surface area contributed by atoms with Crippen LogP contribution >= 0.6 is 11.6 Å². The smallest absolute Gasteiger partial charge is 0.231 e. The highest BCUT2D eigenvalue weighted by Gasteiger charge is 2.17. The SMILES string of the molecule is CCC(COC)Nc1cc2c(cc1Cl)OCO2. The largest absolute Gasteiger partial charge is 0.454 e. The lowest BCUT2D eigenvalue weighted by atomic mass is 10.2. The van der Waals surface area contributed by atoms with E-state index in [-0.39, 0.29) is 12.8 Å². The quantitative estimate of drug-likeness (QED) is 0.881. The Morgan fingerprint density at radius 1 is 1.41 bits per heavy atom. The van der Waals surface area contributed by atoms with E-state index in [1.165, 1.54) is 0 Å². The first-order valence-electron chi connectivity index (χ1n) is 5.59. The standard InChI is InChI=1S/C12H16ClNO3/c1-3-8(6-15-2)14-10-5-12-11(4-9(10)13)16-7-17-12/h4-5,8,14H,3,6-7H2,1-2H3. The first-order chi connectivity index (χ1) is 8.24. The van der Waals surface area contributed by atoms with Gasteiger partial charge < -0.3 is 19.5 Å². The van der Waals surface area contributed by atoms with Gasteiger partial charge >= 0.3 is 0 Å². The lowest BCUT2D eigenvalue weighted by molar-refractivity contribution is 0.174. The molecule has 94 valence electrons. The van der Waals surface area contributed by atoms with Crippen molar-refractivity contribution in [3.8, 4) is 11.5 Å². The predicted molar refractivity (Wildman–Crippen MR) is 67.2 cm³/mol. The Bertz CT molecular complexity index is 398. The van der Waals surface area contributed by atoms with Crippen molar-refractivity contribution in [1.29, 1.82) is 0 Å². The van der Waals surface area contributed by atoms with Crippen LogP contribution in [0.3, 0.4) is 0 Å². The van der Waals surface area contributed by atoms with Gasteiger partial charge in [0.1, 0.15) is 0 Å². The summed E-state index contributed by atoms with van der Waals surface area (Å²) in [4.78, 5) is 0. The van der Waals surface area contributed by atoms with Crippen LogP contribution < -0.4 is 14.8 Å². The number of ether oxygens (including phenoxy) is 3. The molecule has 1 heterocycles. The third-order valence-corrected chi connectivity index (χ3v) is 3.00. The van der Waals surface area contributed by atoms with Crippen LogP contribution in [-0.4, -0.2) is 26.6 Å². The minimum absolute atomic E-state index is 0.234. The molecule has 1 atom stereocenters. The van der Waals surface area contributed by atoms with Gasteiger partial charge in [-0.3, -0.25) is 0 Å². The Hall–Kier alpha value is -1.13. The molecule has 1 aliphatic heterocycles. The van der Waals surface area contributed by atoms with E-state index in [0.29, 0.717) is 17.4 Å². The van der Waals surface area contributed by atoms with Crippen molar-refractivity contribution in [2.75, 3.05) is 25.8 Å². The van der Waals surface area contributed by atoms with E-state index in [1.807, 2.05) is 6.07 Å². The lowest BCUT2D eigenvalue weighted by Gasteiger charge is -2.18. The van der Waals surface area contributed by atoms with Crippen molar-refractivity contribution >= 4 is 17.3 Å². The highest BCUT2D eigenvalue weighted by atomic mass is 35.5. The average Bonchev–Trinajstić information content (AvgIpc) is 2.75. The van der Waals surface area contributed by atoms with Gasteiger partial charge in [-0.15, -0.1) is 0 Å². The summed E-state index contributed by atoms with van der Waals surface area (Å²) >= 11 is 6.17. The lowest BCUT2D eigenvalue weighted by Crippen LogP contribution is -2.23. The summed E-state index contributed by atoms with van der Waals surface area (Å²) in [5.74, 6) is 1.42. The summed E-state index contributed by atoms with van der Waals surface area (Å²) in [5.41, 5.74) is 0.847. The summed E-state index contributed by atoms with van der Waals surface area (Å²) in [5, 5.41) is 3.96. The van der Waals surface area contributed by atoms with Crippen molar-refractivity contribution in [2.45, 2.75) is 19.4 Å². The van der Waals surface area contributed by atoms with Gasteiger partial charge in [0.25, 0.3) is 0 Å². The minimum atomic E-state index is 0.234. The Morgan fingerprint density at radius 2 is 2.12 bits per heavy atom. The summed E-state index contributed by atoms with van der Waals surface area (Å²) in [7, 11) is 1.69. The number of benzene rings is 1. The predicted octanol–water partition coefficient (Wildman–Crippen LogP) is 2.91. The second-order valence-electron chi connectivity index (χ2n) is 3.89. The van der Waals surface area contributed by atoms with Crippen LogP contribution in [0, 0.1) is 0 Å². The van der Waals surface area contributed by atoms with E-state index in [4.69, 9.17) is 25.8 Å². The molecule has 1 unspecified atom stereocenters. The molecule has 0 fully saturated rings. The Labute approximate surface area is 106 Å². The molecule has 0 aromatic heterocycles. The number of rotatable bonds is 5. The number of hydrogen-bond acceptors (Lipinski definition) is 4. The maximum atomic E-state index is 6.17. The molecule has 17 heavy (non-hydrogen) atoms. The molecule has 2 rings (SSSR count). The van der Waals surface area contributed by atoms with Crippen LogP contribution in [0.15, 0.2) is 12.1 Å². The molecule has 0 spiro atoms. The van der Waals surface area contributed by atoms with E-state index in [1.54, 1.807) is 13.2 Å². The summed E-state index contributed by atoms with van der Waals surface area (Å²) < 4.78 is 15.7. The molecule has 5 heteroatoms. The first kappa shape index (κ1) is 12.3. The van der Waals surface area contributed by atoms with Crippen LogP contribution in [-0.2, 0) is 4.74 Å². The molecule has 0 aliphatic carbocycles. The van der Waals surface area contributed by atoms with E-state index >= 15 is 0 Å². The van der Waals surface area contributed by atoms with Gasteiger partial charge in [-0.25, -0.2) is 0 Å². The molecule has 0 amide bonds. The van der Waals surface area contributed by atoms with Crippen LogP contribution in [0.1, 0.15) is 13.3 Å². The maximum Gasteiger partial charge on any atom is 0.231 e. The Balaban J connectivity index is 2.15. The molecule has 0 saturated carbocycles. The van der Waals surface area contributed by atoms with Crippen molar-refractivity contribution in [1.82, 2.24) is 0 Å². The van der Waals surface area contributed by atoms with Gasteiger partial charge in [0, 0.05) is 25.3 Å². The molecule has 0 bridgehead atoms. The molecular formula is C12H16ClNO3. The second-order valence-corrected chi connectivity index (χ2v) is 4.30. The zero-order valence-electron chi connectivity index (χ0n) is 9.96. The molecule has 1 aromatic carbocycles. The molecule has 1 aromatic rings. The number of fused-ring (bicyclic) bond motifs is 1. The monoisotopic (exact) mass is 257 g/mol. The minimum Gasteiger partial charge on any atom is -0.454 e. The van der Waals surface area contributed by atoms with Gasteiger partial charge in [0.15, 0.2) is 11.5 Å². The second kappa shape index (κ2) is 5.47. The number of nitrogens with one attached hydrogen (secondary N) is 1. The third kappa shape index (κ3) is 2.76. The van der Waals surface area contributed by atoms with Crippen molar-refractivity contribution in [3.05, 3.63) is 17.2 Å². The Morgan fingerprint density at radius 3 is 2.76 bits per heavy atom. The third-order valence-electron chi connectivity index (χ3n) is 2.68. The first-order valence-corrected chi connectivity index (χ1v) is 5.97. The van der Waals surface area contributed by atoms with E-state index in [2.05, 4.69) is 12.2 Å². The average molecular weight is 258 g/mol. The number of halogens is 1. The number of anilines is 1. The fourth-order valence-corrected chi connectivity index (χ4v) is 1.92. The maximum absolute atomic E-state index is 6.17. The number of methoxy groups -OCH3 is 1. The molecule has 1 N–H and O–H groups in total. The van der Waals surface area contributed by atoms with Gasteiger partial charge in [-0.1, -0.05) is 18.5 Å². The van der Waals surface area contributed by atoms with Gasteiger partial charge in [0.2, 0.25) is 6.79 Å². The summed E-state index contributed by atoms with van der Waals surface area (Å²) in [6.07, 6.45) is 0.957. The highest BCUT2D eigenvalue weighted by molar-refractivity contribution is 6.33. The summed E-state index contributed by atoms with van der Waals surface area (Å²) in [6.45, 7) is 2.99. The van der Waals surface area contributed by atoms with E-state index in [9.17, 15) is 0 Å². The fourth-order valence-electron chi connectivity index (χ4n) is 1.71. The van der Waals surface area contributed by atoms with Crippen LogP contribution in [0.2, 0.25) is 5.02 Å². The van der Waals surface area contributed by atoms with Crippen LogP contribution in [0.25, 0.3) is 0 Å². The Kier molecular flexibility index (Phi) is 3.97. The van der Waals surface area contributed by atoms with E-state index < -0.39 is 0 Å². The van der Waals surface area contributed by atoms with E-state index in [0.717, 1.165) is 17.9 Å². The van der Waals surface area contributed by atoms with Gasteiger partial charge in [0.05, 0.1) is 17.3 Å². The van der Waals surface area contributed by atoms with Crippen molar-refractivity contribution < 1.29 is 14.2 Å². The van der Waals surface area contributed by atoms with Crippen LogP contribution in [0.5, 0.6) is 11.5 Å². The zero-order chi connectivity index (χ0) is 12.3. The highest BCUT2D eigenvalue weighted by Crippen LogP contribution is 2.39. The fraction of sp³-hybridized carbons (Fsp3) is 0.500. The van der Waals surface area contributed by atoms with Gasteiger partial charge in [-0.05, 0) is 6.42 Å². The van der Waals surface area contributed by atoms with Crippen LogP contribution in [0.4, 0.5) is 5.69 Å². The molecule has 1 aliphatic rings. The molecule has 0 saturated heterocycles. The molecule has 0 radical (unpaired) electrons. The summed E-state index contributed by atoms with van der Waals surface area (Å²) in [6, 6.07) is 3.87. The zero-order valence-corrected chi connectivity index (χ0v) is 10.7. The topological polar surface area (TPSA) is 39.7 Å². The van der Waals surface area contributed by atoms with Crippen molar-refractivity contribution in [3.63, 3.8) is 0 Å². The molecule has 4 nitrogen and oxygen atoms in total. The normalized spacial score (nSPS) is 14.8. The molecular weight excluding hydrogens is 242 g/mol.